The van der Waals surface area contributed by atoms with Crippen LogP contribution < -0.4 is 4.74 Å². The summed E-state index contributed by atoms with van der Waals surface area (Å²) in [5, 5.41) is 7.75. The molecule has 0 bridgehead atoms. The molecule has 4 heteroatoms. The van der Waals surface area contributed by atoms with E-state index >= 15 is 0 Å². The van der Waals surface area contributed by atoms with Gasteiger partial charge in [-0.1, -0.05) is 0 Å². The van der Waals surface area contributed by atoms with Crippen LogP contribution in [-0.4, -0.2) is 16.7 Å². The summed E-state index contributed by atoms with van der Waals surface area (Å²) in [4.78, 5) is 10.1. The Balaban J connectivity index is 2.28. The highest BCUT2D eigenvalue weighted by Gasteiger charge is 1.99. The fraction of sp³-hybridized carbons (Fsp3) is 0. The van der Waals surface area contributed by atoms with E-state index in [9.17, 15) is 4.79 Å². The first-order valence-corrected chi connectivity index (χ1v) is 4.38. The molecule has 15 heavy (non-hydrogen) atoms. The highest BCUT2D eigenvalue weighted by atomic mass is 16.5. The third-order valence-electron chi connectivity index (χ3n) is 1.91. The van der Waals surface area contributed by atoms with Crippen molar-refractivity contribution in [2.24, 2.45) is 0 Å². The summed E-state index contributed by atoms with van der Waals surface area (Å²) in [5.74, 6) is 0.512. The number of hydrogen-bond acceptors (Lipinski definition) is 4. The van der Waals surface area contributed by atoms with Crippen molar-refractivity contribution in [3.8, 4) is 17.0 Å². The van der Waals surface area contributed by atoms with Crippen LogP contribution in [0.25, 0.3) is 11.3 Å². The fourth-order valence-electron chi connectivity index (χ4n) is 1.22. The first kappa shape index (κ1) is 9.33. The average Bonchev–Trinajstić information content (AvgIpc) is 2.32. The number of rotatable bonds is 3. The molecular weight excluding hydrogens is 192 g/mol. The maximum atomic E-state index is 10.1. The second-order valence-electron chi connectivity index (χ2n) is 2.85. The Kier molecular flexibility index (Phi) is 2.69. The highest BCUT2D eigenvalue weighted by molar-refractivity contribution is 5.60. The molecule has 0 N–H and O–H groups in total. The summed E-state index contributed by atoms with van der Waals surface area (Å²) >= 11 is 0. The zero-order chi connectivity index (χ0) is 10.5. The highest BCUT2D eigenvalue weighted by Crippen LogP contribution is 2.19. The van der Waals surface area contributed by atoms with Gasteiger partial charge in [0.05, 0.1) is 5.69 Å². The molecule has 2 aromatic rings. The summed E-state index contributed by atoms with van der Waals surface area (Å²) in [6, 6.07) is 10.7. The Bertz CT molecular complexity index is 440. The van der Waals surface area contributed by atoms with Crippen LogP contribution in [-0.2, 0) is 4.79 Å². The van der Waals surface area contributed by atoms with Gasteiger partial charge in [-0.15, -0.1) is 0 Å². The largest absolute Gasteiger partial charge is 0.429 e. The van der Waals surface area contributed by atoms with E-state index in [1.54, 1.807) is 18.3 Å². The molecule has 0 fully saturated rings. The number of carbonyl (C=O) groups is 1. The summed E-state index contributed by atoms with van der Waals surface area (Å²) in [5.41, 5.74) is 1.72. The van der Waals surface area contributed by atoms with Crippen molar-refractivity contribution in [1.82, 2.24) is 10.2 Å². The van der Waals surface area contributed by atoms with Crippen LogP contribution in [0.1, 0.15) is 0 Å². The summed E-state index contributed by atoms with van der Waals surface area (Å²) in [6.07, 6.45) is 1.62. The maximum Gasteiger partial charge on any atom is 0.298 e. The SMILES string of the molecule is O=COc1ccc(-c2cccnn2)cc1. The second-order valence-corrected chi connectivity index (χ2v) is 2.85. The lowest BCUT2D eigenvalue weighted by atomic mass is 10.1. The Hall–Kier alpha value is -2.23. The van der Waals surface area contributed by atoms with E-state index in [1.807, 2.05) is 24.3 Å². The first-order valence-electron chi connectivity index (χ1n) is 4.38. The second kappa shape index (κ2) is 4.32. The molecule has 0 radical (unpaired) electrons. The van der Waals surface area contributed by atoms with Gasteiger partial charge in [-0.2, -0.15) is 10.2 Å². The van der Waals surface area contributed by atoms with Gasteiger partial charge in [0, 0.05) is 11.8 Å². The minimum Gasteiger partial charge on any atom is -0.429 e. The standard InChI is InChI=1S/C11H8N2O2/c14-8-15-10-5-3-9(4-6-10)11-2-1-7-12-13-11/h1-8H. The van der Waals surface area contributed by atoms with Crippen molar-refractivity contribution in [3.05, 3.63) is 42.6 Å². The van der Waals surface area contributed by atoms with E-state index in [0.717, 1.165) is 11.3 Å². The maximum absolute atomic E-state index is 10.1. The minimum atomic E-state index is 0.400. The molecule has 0 aliphatic heterocycles. The lowest BCUT2D eigenvalue weighted by Gasteiger charge is -2.00. The summed E-state index contributed by atoms with van der Waals surface area (Å²) in [7, 11) is 0. The number of nitrogens with zero attached hydrogens (tertiary/aromatic N) is 2. The lowest BCUT2D eigenvalue weighted by molar-refractivity contribution is -0.120. The molecule has 0 saturated heterocycles. The molecule has 0 aliphatic carbocycles. The number of aromatic nitrogens is 2. The van der Waals surface area contributed by atoms with Gasteiger partial charge in [-0.05, 0) is 36.4 Å². The van der Waals surface area contributed by atoms with Crippen molar-refractivity contribution in [1.29, 1.82) is 0 Å². The molecule has 1 aromatic heterocycles. The Morgan fingerprint density at radius 3 is 2.53 bits per heavy atom. The predicted octanol–water partition coefficient (Wildman–Crippen LogP) is 1.68. The van der Waals surface area contributed by atoms with E-state index in [-0.39, 0.29) is 0 Å². The third-order valence-corrected chi connectivity index (χ3v) is 1.91. The summed E-state index contributed by atoms with van der Waals surface area (Å²) < 4.78 is 4.68. The quantitative estimate of drug-likeness (QED) is 0.707. The van der Waals surface area contributed by atoms with Crippen molar-refractivity contribution < 1.29 is 9.53 Å². The van der Waals surface area contributed by atoms with Crippen LogP contribution in [0, 0.1) is 0 Å². The molecule has 4 nitrogen and oxygen atoms in total. The lowest BCUT2D eigenvalue weighted by Crippen LogP contribution is -1.89. The zero-order valence-electron chi connectivity index (χ0n) is 7.83. The van der Waals surface area contributed by atoms with Crippen molar-refractivity contribution in [2.75, 3.05) is 0 Å². The average molecular weight is 200 g/mol. The van der Waals surface area contributed by atoms with E-state index in [4.69, 9.17) is 0 Å². The molecule has 1 heterocycles. The Morgan fingerprint density at radius 2 is 1.93 bits per heavy atom. The van der Waals surface area contributed by atoms with E-state index in [0.29, 0.717) is 12.2 Å². The van der Waals surface area contributed by atoms with E-state index in [1.165, 1.54) is 0 Å². The molecule has 0 aliphatic rings. The van der Waals surface area contributed by atoms with Crippen LogP contribution in [0.15, 0.2) is 42.6 Å². The number of hydrogen-bond donors (Lipinski definition) is 0. The zero-order valence-corrected chi connectivity index (χ0v) is 7.83. The molecule has 0 saturated carbocycles. The number of carbonyl (C=O) groups excluding carboxylic acids is 1. The van der Waals surface area contributed by atoms with Crippen LogP contribution >= 0.6 is 0 Å². The van der Waals surface area contributed by atoms with Gasteiger partial charge in [-0.3, -0.25) is 4.79 Å². The third kappa shape index (κ3) is 2.17. The summed E-state index contributed by atoms with van der Waals surface area (Å²) in [6.45, 7) is 0.400. The van der Waals surface area contributed by atoms with E-state index in [2.05, 4.69) is 14.9 Å². The Morgan fingerprint density at radius 1 is 1.13 bits per heavy atom. The Labute approximate surface area is 86.5 Å². The predicted molar refractivity (Wildman–Crippen MR) is 54.2 cm³/mol. The van der Waals surface area contributed by atoms with Crippen LogP contribution in [0.3, 0.4) is 0 Å². The van der Waals surface area contributed by atoms with Gasteiger partial charge in [0.1, 0.15) is 5.75 Å². The minimum absolute atomic E-state index is 0.400. The fourth-order valence-corrected chi connectivity index (χ4v) is 1.22. The monoisotopic (exact) mass is 200 g/mol. The van der Waals surface area contributed by atoms with Crippen molar-refractivity contribution in [3.63, 3.8) is 0 Å². The van der Waals surface area contributed by atoms with Gasteiger partial charge >= 0.3 is 0 Å². The van der Waals surface area contributed by atoms with Gasteiger partial charge in [0.2, 0.25) is 0 Å². The van der Waals surface area contributed by atoms with Gasteiger partial charge < -0.3 is 4.74 Å². The smallest absolute Gasteiger partial charge is 0.298 e. The topological polar surface area (TPSA) is 52.1 Å². The molecule has 1 aromatic carbocycles. The molecule has 0 amide bonds. The number of benzene rings is 1. The van der Waals surface area contributed by atoms with E-state index < -0.39 is 0 Å². The molecule has 74 valence electrons. The van der Waals surface area contributed by atoms with Crippen LogP contribution in [0.4, 0.5) is 0 Å². The molecule has 0 unspecified atom stereocenters. The number of ether oxygens (including phenoxy) is 1. The van der Waals surface area contributed by atoms with Gasteiger partial charge in [0.25, 0.3) is 6.47 Å². The molecule has 0 atom stereocenters. The van der Waals surface area contributed by atoms with Gasteiger partial charge in [0.15, 0.2) is 0 Å². The first-order chi connectivity index (χ1) is 7.40. The molecular formula is C11H8N2O2. The van der Waals surface area contributed by atoms with Crippen LogP contribution in [0.5, 0.6) is 5.75 Å². The van der Waals surface area contributed by atoms with Gasteiger partial charge in [-0.25, -0.2) is 0 Å². The molecule has 0 spiro atoms. The van der Waals surface area contributed by atoms with Crippen LogP contribution in [0.2, 0.25) is 0 Å². The molecule has 2 rings (SSSR count). The van der Waals surface area contributed by atoms with Crippen molar-refractivity contribution in [2.45, 2.75) is 0 Å². The van der Waals surface area contributed by atoms with Crippen molar-refractivity contribution >= 4 is 6.47 Å². The normalized spacial score (nSPS) is 9.60.